The van der Waals surface area contributed by atoms with E-state index in [0.717, 1.165) is 22.3 Å². The van der Waals surface area contributed by atoms with Crippen LogP contribution in [0.4, 0.5) is 0 Å². The third-order valence-electron chi connectivity index (χ3n) is 8.38. The lowest BCUT2D eigenvalue weighted by molar-refractivity contribution is -0.200. The molecule has 2 aromatic rings. The second-order valence-electron chi connectivity index (χ2n) is 12.9. The SMILES string of the molecule is C#CCN(C)C(=O)CN(C)CCNC(=O)C(C)(C)NC(=O)CCOc1ccc(Cc2cc([C@@H]3O[C@H](SC)[C@@H](O)[C@H](O)[C@H]3O)ccc2C)cc1. The molecule has 5 atom stereocenters. The fourth-order valence-corrected chi connectivity index (χ4v) is 5.94. The summed E-state index contributed by atoms with van der Waals surface area (Å²) in [6.07, 6.45) is 3.16. The van der Waals surface area contributed by atoms with Crippen LogP contribution in [0.1, 0.15) is 48.6 Å². The summed E-state index contributed by atoms with van der Waals surface area (Å²) in [5, 5.41) is 36.7. The molecule has 0 bridgehead atoms. The van der Waals surface area contributed by atoms with Crippen LogP contribution in [-0.2, 0) is 25.5 Å². The average molecular weight is 699 g/mol. The predicted octanol–water partition coefficient (Wildman–Crippen LogP) is 1.23. The van der Waals surface area contributed by atoms with Crippen LogP contribution in [-0.4, -0.2) is 125 Å². The van der Waals surface area contributed by atoms with Crippen molar-refractivity contribution in [3.63, 3.8) is 0 Å². The molecule has 0 unspecified atom stereocenters. The van der Waals surface area contributed by atoms with Crippen LogP contribution in [0.3, 0.4) is 0 Å². The van der Waals surface area contributed by atoms with Gasteiger partial charge in [-0.1, -0.05) is 36.3 Å². The van der Waals surface area contributed by atoms with Gasteiger partial charge in [0.15, 0.2) is 0 Å². The van der Waals surface area contributed by atoms with Gasteiger partial charge in [0, 0.05) is 20.1 Å². The van der Waals surface area contributed by atoms with Crippen molar-refractivity contribution in [1.29, 1.82) is 0 Å². The molecule has 2 aromatic carbocycles. The molecule has 0 spiro atoms. The second-order valence-corrected chi connectivity index (χ2v) is 13.8. The number of thioether (sulfide) groups is 1. The average Bonchev–Trinajstić information content (AvgIpc) is 3.05. The van der Waals surface area contributed by atoms with Crippen molar-refractivity contribution in [3.05, 3.63) is 64.7 Å². The topological polar surface area (TPSA) is 161 Å². The lowest BCUT2D eigenvalue weighted by Gasteiger charge is -2.40. The Morgan fingerprint density at radius 2 is 1.76 bits per heavy atom. The van der Waals surface area contributed by atoms with Crippen LogP contribution in [0.25, 0.3) is 0 Å². The molecule has 13 heteroatoms. The quantitative estimate of drug-likeness (QED) is 0.161. The molecule has 268 valence electrons. The molecule has 1 saturated heterocycles. The molecule has 49 heavy (non-hydrogen) atoms. The van der Waals surface area contributed by atoms with Gasteiger partial charge in [0.05, 0.1) is 26.1 Å². The summed E-state index contributed by atoms with van der Waals surface area (Å²) >= 11 is 1.28. The molecule has 0 radical (unpaired) electrons. The molecule has 12 nitrogen and oxygen atoms in total. The Labute approximate surface area is 293 Å². The number of carbonyl (C=O) groups is 3. The van der Waals surface area contributed by atoms with Gasteiger partial charge in [0.25, 0.3) is 0 Å². The Morgan fingerprint density at radius 1 is 1.06 bits per heavy atom. The van der Waals surface area contributed by atoms with E-state index in [0.29, 0.717) is 25.3 Å². The maximum Gasteiger partial charge on any atom is 0.245 e. The number of ether oxygens (including phenoxy) is 2. The van der Waals surface area contributed by atoms with Gasteiger partial charge in [-0.05, 0) is 74.9 Å². The first-order valence-corrected chi connectivity index (χ1v) is 17.4. The molecule has 3 amide bonds. The molecule has 3 rings (SSSR count). The number of aliphatic hydroxyl groups is 3. The normalized spacial score (nSPS) is 20.7. The summed E-state index contributed by atoms with van der Waals surface area (Å²) in [6.45, 7) is 6.52. The Morgan fingerprint density at radius 3 is 2.41 bits per heavy atom. The van der Waals surface area contributed by atoms with Gasteiger partial charge in [-0.3, -0.25) is 19.3 Å². The first kappa shape index (κ1) is 39.8. The van der Waals surface area contributed by atoms with Crippen molar-refractivity contribution in [3.8, 4) is 18.1 Å². The van der Waals surface area contributed by atoms with Crippen LogP contribution < -0.4 is 15.4 Å². The maximum absolute atomic E-state index is 12.7. The van der Waals surface area contributed by atoms with Gasteiger partial charge < -0.3 is 40.3 Å². The highest BCUT2D eigenvalue weighted by atomic mass is 32.2. The number of rotatable bonds is 16. The summed E-state index contributed by atoms with van der Waals surface area (Å²) in [4.78, 5) is 40.7. The van der Waals surface area contributed by atoms with Gasteiger partial charge in [-0.25, -0.2) is 0 Å². The maximum atomic E-state index is 12.7. The molecule has 1 aliphatic heterocycles. The number of nitrogens with one attached hydrogen (secondary N) is 2. The fraction of sp³-hybridized carbons (Fsp3) is 0.528. The first-order chi connectivity index (χ1) is 23.2. The van der Waals surface area contributed by atoms with E-state index in [4.69, 9.17) is 15.9 Å². The number of benzene rings is 2. The van der Waals surface area contributed by atoms with Gasteiger partial charge in [0.2, 0.25) is 17.7 Å². The minimum absolute atomic E-state index is 0.0542. The fourth-order valence-electron chi connectivity index (χ4n) is 5.27. The van der Waals surface area contributed by atoms with E-state index in [9.17, 15) is 29.7 Å². The van der Waals surface area contributed by atoms with Crippen LogP contribution in [0, 0.1) is 19.3 Å². The van der Waals surface area contributed by atoms with Crippen LogP contribution in [0.15, 0.2) is 42.5 Å². The van der Waals surface area contributed by atoms with Crippen molar-refractivity contribution in [2.75, 3.05) is 53.1 Å². The van der Waals surface area contributed by atoms with Crippen LogP contribution in [0.5, 0.6) is 5.75 Å². The highest BCUT2D eigenvalue weighted by Gasteiger charge is 2.44. The lowest BCUT2D eigenvalue weighted by atomic mass is 9.91. The Hall–Kier alpha value is -3.64. The molecule has 5 N–H and O–H groups in total. The van der Waals surface area contributed by atoms with E-state index in [1.165, 1.54) is 16.7 Å². The Bertz CT molecular complexity index is 1460. The largest absolute Gasteiger partial charge is 0.493 e. The second kappa shape index (κ2) is 18.4. The van der Waals surface area contributed by atoms with Crippen molar-refractivity contribution in [2.45, 2.75) is 69.0 Å². The summed E-state index contributed by atoms with van der Waals surface area (Å²) in [6, 6.07) is 13.3. The number of likely N-dealkylation sites (N-methyl/N-ethyl adjacent to an activating group) is 2. The number of carbonyl (C=O) groups excluding carboxylic acids is 3. The number of aliphatic hydroxyl groups excluding tert-OH is 3. The van der Waals surface area contributed by atoms with E-state index in [1.54, 1.807) is 39.1 Å². The van der Waals surface area contributed by atoms with E-state index >= 15 is 0 Å². The lowest BCUT2D eigenvalue weighted by Crippen LogP contribution is -2.55. The highest BCUT2D eigenvalue weighted by Crippen LogP contribution is 2.36. The Kier molecular flexibility index (Phi) is 14.9. The van der Waals surface area contributed by atoms with Gasteiger partial charge in [0.1, 0.15) is 41.1 Å². The molecular weight excluding hydrogens is 648 g/mol. The number of hydrogen-bond donors (Lipinski definition) is 5. The third-order valence-corrected chi connectivity index (χ3v) is 9.23. The standard InChI is InChI=1S/C36H50N4O8S/c1-8-17-40(6)29(42)22-39(5)18-16-37-35(46)36(3,4)38-28(41)15-19-47-27-13-10-24(11-14-27)20-26-21-25(12-9-23(26)2)33-31(44)30(43)32(45)34(48-33)49-7/h1,9-14,21,30-34,43-45H,15-20,22H2,2-7H3,(H,37,46)(H,38,41)/t30-,31-,32+,33+,34-/m1/s1. The van der Waals surface area contributed by atoms with Gasteiger partial charge in [-0.15, -0.1) is 18.2 Å². The van der Waals surface area contributed by atoms with E-state index in [1.807, 2.05) is 49.4 Å². The van der Waals surface area contributed by atoms with Gasteiger partial charge in [-0.2, -0.15) is 0 Å². The highest BCUT2D eigenvalue weighted by molar-refractivity contribution is 7.99. The molecule has 0 aromatic heterocycles. The summed E-state index contributed by atoms with van der Waals surface area (Å²) in [7, 11) is 3.41. The van der Waals surface area contributed by atoms with Crippen LogP contribution >= 0.6 is 11.8 Å². The zero-order valence-electron chi connectivity index (χ0n) is 29.1. The molecule has 1 aliphatic rings. The summed E-state index contributed by atoms with van der Waals surface area (Å²) in [5.74, 6) is 2.24. The first-order valence-electron chi connectivity index (χ1n) is 16.2. The van der Waals surface area contributed by atoms with Crippen molar-refractivity contribution < 1.29 is 39.2 Å². The summed E-state index contributed by atoms with van der Waals surface area (Å²) < 4.78 is 11.7. The number of terminal acetylenes is 1. The number of hydrogen-bond acceptors (Lipinski definition) is 10. The molecular formula is C36H50N4O8S. The zero-order valence-corrected chi connectivity index (χ0v) is 30.0. The van der Waals surface area contributed by atoms with Crippen molar-refractivity contribution >= 4 is 29.5 Å². The number of aryl methyl sites for hydroxylation is 1. The third kappa shape index (κ3) is 11.5. The smallest absolute Gasteiger partial charge is 0.245 e. The van der Waals surface area contributed by atoms with E-state index in [2.05, 4.69) is 16.6 Å². The van der Waals surface area contributed by atoms with E-state index in [-0.39, 0.29) is 43.8 Å². The molecule has 0 aliphatic carbocycles. The minimum atomic E-state index is -1.31. The van der Waals surface area contributed by atoms with E-state index < -0.39 is 35.4 Å². The van der Waals surface area contributed by atoms with Crippen LogP contribution in [0.2, 0.25) is 0 Å². The minimum Gasteiger partial charge on any atom is -0.493 e. The number of amides is 3. The predicted molar refractivity (Wildman–Crippen MR) is 189 cm³/mol. The monoisotopic (exact) mass is 698 g/mol. The van der Waals surface area contributed by atoms with Crippen molar-refractivity contribution in [1.82, 2.24) is 20.4 Å². The summed E-state index contributed by atoms with van der Waals surface area (Å²) in [5.41, 5.74) is 2.03. The number of nitrogens with zero attached hydrogens (tertiary/aromatic N) is 2. The molecule has 1 heterocycles. The van der Waals surface area contributed by atoms with Crippen molar-refractivity contribution in [2.24, 2.45) is 0 Å². The Balaban J connectivity index is 1.45. The zero-order chi connectivity index (χ0) is 36.3. The van der Waals surface area contributed by atoms with Gasteiger partial charge >= 0.3 is 0 Å². The molecule has 1 fully saturated rings. The molecule has 0 saturated carbocycles.